The highest BCUT2D eigenvalue weighted by Crippen LogP contribution is 2.32. The van der Waals surface area contributed by atoms with Crippen molar-refractivity contribution in [2.75, 3.05) is 21.2 Å². The van der Waals surface area contributed by atoms with Crippen LogP contribution in [0, 0.1) is 0 Å². The van der Waals surface area contributed by atoms with Crippen molar-refractivity contribution in [3.8, 4) is 11.5 Å². The molecule has 0 aromatic heterocycles. The number of ether oxygens (including phenoxy) is 2. The van der Waals surface area contributed by atoms with Crippen LogP contribution in [0.5, 0.6) is 11.5 Å². The Morgan fingerprint density at radius 2 is 1.95 bits per heavy atom. The first-order chi connectivity index (χ1) is 9.65. The van der Waals surface area contributed by atoms with Gasteiger partial charge in [0.1, 0.15) is 12.4 Å². The van der Waals surface area contributed by atoms with Crippen molar-refractivity contribution < 1.29 is 14.3 Å². The van der Waals surface area contributed by atoms with Gasteiger partial charge in [-0.15, -0.1) is 0 Å². The second kappa shape index (κ2) is 6.75. The molecule has 0 amide bonds. The lowest BCUT2D eigenvalue weighted by molar-refractivity contribution is 0.0601. The molecule has 0 aliphatic heterocycles. The lowest BCUT2D eigenvalue weighted by Crippen LogP contribution is -2.44. The summed E-state index contributed by atoms with van der Waals surface area (Å²) >= 11 is 0. The van der Waals surface area contributed by atoms with E-state index in [2.05, 4.69) is 19.0 Å². The quantitative estimate of drug-likeness (QED) is 0.776. The minimum atomic E-state index is 0.176. The van der Waals surface area contributed by atoms with Crippen LogP contribution in [-0.4, -0.2) is 44.5 Å². The van der Waals surface area contributed by atoms with Gasteiger partial charge in [0.05, 0.1) is 7.11 Å². The molecular formula is C16H23NO3. The van der Waals surface area contributed by atoms with E-state index < -0.39 is 0 Å². The minimum Gasteiger partial charge on any atom is -0.493 e. The van der Waals surface area contributed by atoms with Crippen molar-refractivity contribution in [2.24, 2.45) is 0 Å². The summed E-state index contributed by atoms with van der Waals surface area (Å²) in [5, 5.41) is 0. The van der Waals surface area contributed by atoms with Crippen LogP contribution in [0.4, 0.5) is 0 Å². The maximum Gasteiger partial charge on any atom is 0.161 e. The predicted molar refractivity (Wildman–Crippen MR) is 78.7 cm³/mol. The number of hydrogen-bond acceptors (Lipinski definition) is 4. The van der Waals surface area contributed by atoms with Gasteiger partial charge >= 0.3 is 0 Å². The van der Waals surface area contributed by atoms with Gasteiger partial charge in [-0.25, -0.2) is 0 Å². The second-order valence-corrected chi connectivity index (χ2v) is 5.50. The van der Waals surface area contributed by atoms with Crippen LogP contribution in [0.2, 0.25) is 0 Å². The number of benzene rings is 1. The molecular weight excluding hydrogens is 254 g/mol. The Bertz CT molecular complexity index is 459. The highest BCUT2D eigenvalue weighted by molar-refractivity contribution is 5.76. The Kier molecular flexibility index (Phi) is 5.01. The van der Waals surface area contributed by atoms with Gasteiger partial charge < -0.3 is 14.4 Å². The Balaban J connectivity index is 2.17. The van der Waals surface area contributed by atoms with Crippen molar-refractivity contribution in [3.63, 3.8) is 0 Å². The van der Waals surface area contributed by atoms with Gasteiger partial charge in [0.2, 0.25) is 0 Å². The van der Waals surface area contributed by atoms with E-state index in [0.717, 1.165) is 24.9 Å². The minimum absolute atomic E-state index is 0.176. The average molecular weight is 277 g/mol. The van der Waals surface area contributed by atoms with E-state index in [9.17, 15) is 4.79 Å². The van der Waals surface area contributed by atoms with Gasteiger partial charge in [-0.05, 0) is 51.6 Å². The molecule has 0 radical (unpaired) electrons. The average Bonchev–Trinajstić information content (AvgIpc) is 2.48. The zero-order valence-electron chi connectivity index (χ0n) is 12.5. The SMILES string of the molecule is COc1cc(C=O)ccc1OC1CCCCC1N(C)C. The number of methoxy groups -OCH3 is 1. The van der Waals surface area contributed by atoms with Crippen molar-refractivity contribution in [2.45, 2.75) is 37.8 Å². The van der Waals surface area contributed by atoms with Gasteiger partial charge in [-0.1, -0.05) is 6.42 Å². The Morgan fingerprint density at radius 3 is 2.60 bits per heavy atom. The summed E-state index contributed by atoms with van der Waals surface area (Å²) in [5.41, 5.74) is 0.599. The van der Waals surface area contributed by atoms with Gasteiger partial charge in [0, 0.05) is 11.6 Å². The van der Waals surface area contributed by atoms with Gasteiger partial charge in [0.15, 0.2) is 11.5 Å². The van der Waals surface area contributed by atoms with Crippen LogP contribution in [0.1, 0.15) is 36.0 Å². The van der Waals surface area contributed by atoms with Crippen molar-refractivity contribution in [3.05, 3.63) is 23.8 Å². The molecule has 0 bridgehead atoms. The zero-order chi connectivity index (χ0) is 14.5. The Hall–Kier alpha value is -1.55. The Labute approximate surface area is 120 Å². The summed E-state index contributed by atoms with van der Waals surface area (Å²) in [6.45, 7) is 0. The number of likely N-dealkylation sites (N-methyl/N-ethyl adjacent to an activating group) is 1. The number of aldehydes is 1. The number of carbonyl (C=O) groups excluding carboxylic acids is 1. The fourth-order valence-electron chi connectivity index (χ4n) is 2.82. The highest BCUT2D eigenvalue weighted by Gasteiger charge is 2.29. The first-order valence-corrected chi connectivity index (χ1v) is 7.12. The molecule has 1 aliphatic carbocycles. The second-order valence-electron chi connectivity index (χ2n) is 5.50. The van der Waals surface area contributed by atoms with Crippen molar-refractivity contribution in [1.29, 1.82) is 0 Å². The molecule has 4 heteroatoms. The molecule has 0 N–H and O–H groups in total. The van der Waals surface area contributed by atoms with E-state index in [-0.39, 0.29) is 6.10 Å². The van der Waals surface area contributed by atoms with Gasteiger partial charge in [-0.2, -0.15) is 0 Å². The first-order valence-electron chi connectivity index (χ1n) is 7.12. The summed E-state index contributed by atoms with van der Waals surface area (Å²) in [7, 11) is 5.79. The molecule has 1 aromatic carbocycles. The van der Waals surface area contributed by atoms with E-state index in [0.29, 0.717) is 17.4 Å². The number of hydrogen-bond donors (Lipinski definition) is 0. The van der Waals surface area contributed by atoms with Crippen LogP contribution in [0.15, 0.2) is 18.2 Å². The third-order valence-corrected chi connectivity index (χ3v) is 3.93. The molecule has 1 saturated carbocycles. The lowest BCUT2D eigenvalue weighted by Gasteiger charge is -2.36. The smallest absolute Gasteiger partial charge is 0.161 e. The number of carbonyl (C=O) groups is 1. The molecule has 1 aromatic rings. The summed E-state index contributed by atoms with van der Waals surface area (Å²) in [5.74, 6) is 1.34. The third kappa shape index (κ3) is 3.31. The molecule has 20 heavy (non-hydrogen) atoms. The van der Waals surface area contributed by atoms with Crippen LogP contribution in [-0.2, 0) is 0 Å². The normalized spacial score (nSPS) is 22.6. The Morgan fingerprint density at radius 1 is 1.20 bits per heavy atom. The molecule has 1 aliphatic rings. The van der Waals surface area contributed by atoms with Gasteiger partial charge in [-0.3, -0.25) is 4.79 Å². The van der Waals surface area contributed by atoms with Crippen LogP contribution < -0.4 is 9.47 Å². The fraction of sp³-hybridized carbons (Fsp3) is 0.562. The van der Waals surface area contributed by atoms with Crippen LogP contribution >= 0.6 is 0 Å². The van der Waals surface area contributed by atoms with E-state index in [4.69, 9.17) is 9.47 Å². The van der Waals surface area contributed by atoms with Crippen LogP contribution in [0.3, 0.4) is 0 Å². The van der Waals surface area contributed by atoms with Crippen molar-refractivity contribution >= 4 is 6.29 Å². The summed E-state index contributed by atoms with van der Waals surface area (Å²) in [6.07, 6.45) is 5.66. The number of nitrogens with zero attached hydrogens (tertiary/aromatic N) is 1. The number of rotatable bonds is 5. The highest BCUT2D eigenvalue weighted by atomic mass is 16.5. The molecule has 0 heterocycles. The molecule has 0 spiro atoms. The standard InChI is InChI=1S/C16H23NO3/c1-17(2)13-6-4-5-7-14(13)20-15-9-8-12(11-18)10-16(15)19-3/h8-11,13-14H,4-7H2,1-3H3. The fourth-order valence-corrected chi connectivity index (χ4v) is 2.82. The summed E-state index contributed by atoms with van der Waals surface area (Å²) in [6, 6.07) is 5.73. The molecule has 2 atom stereocenters. The molecule has 2 rings (SSSR count). The molecule has 4 nitrogen and oxygen atoms in total. The summed E-state index contributed by atoms with van der Waals surface area (Å²) < 4.78 is 11.5. The largest absolute Gasteiger partial charge is 0.493 e. The topological polar surface area (TPSA) is 38.8 Å². The van der Waals surface area contributed by atoms with Crippen molar-refractivity contribution in [1.82, 2.24) is 4.90 Å². The van der Waals surface area contributed by atoms with Gasteiger partial charge in [0.25, 0.3) is 0 Å². The molecule has 1 fully saturated rings. The lowest BCUT2D eigenvalue weighted by atomic mass is 9.91. The van der Waals surface area contributed by atoms with E-state index in [1.165, 1.54) is 12.8 Å². The maximum absolute atomic E-state index is 10.8. The first kappa shape index (κ1) is 14.9. The van der Waals surface area contributed by atoms with E-state index in [1.807, 2.05) is 6.07 Å². The van der Waals surface area contributed by atoms with Crippen LogP contribution in [0.25, 0.3) is 0 Å². The monoisotopic (exact) mass is 277 g/mol. The van der Waals surface area contributed by atoms with E-state index >= 15 is 0 Å². The third-order valence-electron chi connectivity index (χ3n) is 3.93. The molecule has 2 unspecified atom stereocenters. The predicted octanol–water partition coefficient (Wildman–Crippen LogP) is 2.76. The zero-order valence-corrected chi connectivity index (χ0v) is 12.5. The summed E-state index contributed by atoms with van der Waals surface area (Å²) in [4.78, 5) is 13.0. The van der Waals surface area contributed by atoms with E-state index in [1.54, 1.807) is 19.2 Å². The molecule has 0 saturated heterocycles. The maximum atomic E-state index is 10.8. The molecule has 110 valence electrons.